The van der Waals surface area contributed by atoms with Crippen LogP contribution in [0.3, 0.4) is 0 Å². The first kappa shape index (κ1) is 10.3. The van der Waals surface area contributed by atoms with Gasteiger partial charge in [0.2, 0.25) is 0 Å². The van der Waals surface area contributed by atoms with Crippen LogP contribution in [0.1, 0.15) is 5.56 Å². The monoisotopic (exact) mass is 200 g/mol. The Morgan fingerprint density at radius 3 is 2.85 bits per heavy atom. The highest BCUT2D eigenvalue weighted by molar-refractivity contribution is 6.32. The zero-order chi connectivity index (χ0) is 9.68. The van der Waals surface area contributed by atoms with Crippen molar-refractivity contribution in [2.45, 2.75) is 6.42 Å². The number of halogens is 1. The van der Waals surface area contributed by atoms with E-state index >= 15 is 0 Å². The quantitative estimate of drug-likeness (QED) is 0.570. The number of methoxy groups -OCH3 is 1. The highest BCUT2D eigenvalue weighted by Crippen LogP contribution is 2.24. The van der Waals surface area contributed by atoms with Gasteiger partial charge in [-0.25, -0.2) is 0 Å². The summed E-state index contributed by atoms with van der Waals surface area (Å²) >= 11 is 5.93. The van der Waals surface area contributed by atoms with Crippen molar-refractivity contribution in [1.82, 2.24) is 5.43 Å². The van der Waals surface area contributed by atoms with Crippen molar-refractivity contribution < 1.29 is 4.74 Å². The lowest BCUT2D eigenvalue weighted by molar-refractivity contribution is 0.415. The van der Waals surface area contributed by atoms with Gasteiger partial charge in [-0.2, -0.15) is 0 Å². The van der Waals surface area contributed by atoms with E-state index in [1.165, 1.54) is 0 Å². The second-order valence-corrected chi connectivity index (χ2v) is 3.08. The van der Waals surface area contributed by atoms with Gasteiger partial charge in [0.1, 0.15) is 5.75 Å². The van der Waals surface area contributed by atoms with Crippen molar-refractivity contribution in [3.8, 4) is 5.75 Å². The van der Waals surface area contributed by atoms with Crippen molar-refractivity contribution in [1.29, 1.82) is 0 Å². The van der Waals surface area contributed by atoms with Gasteiger partial charge < -0.3 is 4.74 Å². The fourth-order valence-corrected chi connectivity index (χ4v) is 1.36. The molecule has 3 N–H and O–H groups in total. The van der Waals surface area contributed by atoms with E-state index in [-0.39, 0.29) is 0 Å². The average molecular weight is 201 g/mol. The highest BCUT2D eigenvalue weighted by Gasteiger charge is 2.00. The summed E-state index contributed by atoms with van der Waals surface area (Å²) in [5, 5.41) is 0.636. The van der Waals surface area contributed by atoms with Crippen LogP contribution in [-0.4, -0.2) is 13.7 Å². The minimum atomic E-state index is 0.636. The van der Waals surface area contributed by atoms with Crippen LogP contribution >= 0.6 is 11.6 Å². The summed E-state index contributed by atoms with van der Waals surface area (Å²) in [4.78, 5) is 0. The molecule has 0 amide bonds. The number of nitrogens with one attached hydrogen (secondary N) is 1. The number of hydrazine groups is 1. The maximum absolute atomic E-state index is 5.93. The average Bonchev–Trinajstić information content (AvgIpc) is 2.15. The van der Waals surface area contributed by atoms with Crippen LogP contribution in [0.2, 0.25) is 5.02 Å². The number of benzene rings is 1. The van der Waals surface area contributed by atoms with Crippen LogP contribution in [0, 0.1) is 0 Å². The molecular weight excluding hydrogens is 188 g/mol. The molecule has 4 heteroatoms. The van der Waals surface area contributed by atoms with Crippen LogP contribution in [0.25, 0.3) is 0 Å². The van der Waals surface area contributed by atoms with E-state index in [1.807, 2.05) is 18.2 Å². The molecule has 1 rings (SSSR count). The Hall–Kier alpha value is -0.770. The second kappa shape index (κ2) is 5.07. The first-order valence-corrected chi connectivity index (χ1v) is 4.41. The Balaban J connectivity index is 2.71. The van der Waals surface area contributed by atoms with E-state index in [0.717, 1.165) is 18.5 Å². The summed E-state index contributed by atoms with van der Waals surface area (Å²) in [6.45, 7) is 0.739. The molecule has 0 heterocycles. The summed E-state index contributed by atoms with van der Waals surface area (Å²) in [7, 11) is 1.60. The molecule has 1 aromatic rings. The van der Waals surface area contributed by atoms with Crippen molar-refractivity contribution in [2.75, 3.05) is 13.7 Å². The number of nitrogens with two attached hydrogens (primary N) is 1. The van der Waals surface area contributed by atoms with Gasteiger partial charge in [-0.15, -0.1) is 0 Å². The number of rotatable bonds is 4. The molecule has 3 nitrogen and oxygen atoms in total. The maximum atomic E-state index is 5.93. The molecule has 0 saturated heterocycles. The zero-order valence-corrected chi connectivity index (χ0v) is 8.27. The summed E-state index contributed by atoms with van der Waals surface area (Å²) in [6, 6.07) is 5.72. The third-order valence-electron chi connectivity index (χ3n) is 1.77. The van der Waals surface area contributed by atoms with Gasteiger partial charge in [-0.05, 0) is 24.1 Å². The molecule has 0 aliphatic rings. The summed E-state index contributed by atoms with van der Waals surface area (Å²) in [5.74, 6) is 5.86. The fraction of sp³-hybridized carbons (Fsp3) is 0.333. The molecule has 0 saturated carbocycles. The molecule has 72 valence electrons. The van der Waals surface area contributed by atoms with Gasteiger partial charge in [-0.3, -0.25) is 11.3 Å². The van der Waals surface area contributed by atoms with Crippen molar-refractivity contribution in [2.24, 2.45) is 5.84 Å². The highest BCUT2D eigenvalue weighted by atomic mass is 35.5. The lowest BCUT2D eigenvalue weighted by atomic mass is 10.1. The fourth-order valence-electron chi connectivity index (χ4n) is 1.08. The van der Waals surface area contributed by atoms with Gasteiger partial charge in [0, 0.05) is 6.54 Å². The Kier molecular flexibility index (Phi) is 4.02. The van der Waals surface area contributed by atoms with E-state index < -0.39 is 0 Å². The van der Waals surface area contributed by atoms with Gasteiger partial charge in [-0.1, -0.05) is 17.7 Å². The first-order chi connectivity index (χ1) is 6.27. The van der Waals surface area contributed by atoms with Gasteiger partial charge in [0.15, 0.2) is 0 Å². The molecule has 1 aromatic carbocycles. The first-order valence-electron chi connectivity index (χ1n) is 4.04. The molecule has 0 aliphatic heterocycles. The third-order valence-corrected chi connectivity index (χ3v) is 2.07. The molecule has 0 spiro atoms. The van der Waals surface area contributed by atoms with Crippen LogP contribution in [-0.2, 0) is 6.42 Å². The standard InChI is InChI=1S/C9H13ClN2O/c1-13-9-3-2-7(4-5-12-11)6-8(9)10/h2-3,6,12H,4-5,11H2,1H3. The Bertz CT molecular complexity index is 278. The Morgan fingerprint density at radius 2 is 2.31 bits per heavy atom. The summed E-state index contributed by atoms with van der Waals surface area (Å²) in [5.41, 5.74) is 3.73. The normalized spacial score (nSPS) is 10.1. The minimum Gasteiger partial charge on any atom is -0.495 e. The Labute approximate surface area is 82.8 Å². The van der Waals surface area contributed by atoms with E-state index in [0.29, 0.717) is 10.8 Å². The van der Waals surface area contributed by atoms with E-state index in [1.54, 1.807) is 7.11 Å². The Morgan fingerprint density at radius 1 is 1.54 bits per heavy atom. The zero-order valence-electron chi connectivity index (χ0n) is 7.51. The van der Waals surface area contributed by atoms with Crippen molar-refractivity contribution in [3.05, 3.63) is 28.8 Å². The topological polar surface area (TPSA) is 47.3 Å². The predicted molar refractivity (Wildman–Crippen MR) is 53.9 cm³/mol. The molecule has 13 heavy (non-hydrogen) atoms. The number of ether oxygens (including phenoxy) is 1. The summed E-state index contributed by atoms with van der Waals surface area (Å²) in [6.07, 6.45) is 0.861. The van der Waals surface area contributed by atoms with Crippen LogP contribution in [0.15, 0.2) is 18.2 Å². The van der Waals surface area contributed by atoms with Crippen molar-refractivity contribution >= 4 is 11.6 Å². The molecule has 0 aromatic heterocycles. The second-order valence-electron chi connectivity index (χ2n) is 2.67. The molecule has 0 radical (unpaired) electrons. The van der Waals surface area contributed by atoms with Crippen LogP contribution in [0.5, 0.6) is 5.75 Å². The lowest BCUT2D eigenvalue weighted by Crippen LogP contribution is -2.24. The molecule has 0 bridgehead atoms. The largest absolute Gasteiger partial charge is 0.495 e. The lowest BCUT2D eigenvalue weighted by Gasteiger charge is -2.05. The molecular formula is C9H13ClN2O. The predicted octanol–water partition coefficient (Wildman–Crippen LogP) is 1.35. The maximum Gasteiger partial charge on any atom is 0.137 e. The number of hydrogen-bond acceptors (Lipinski definition) is 3. The van der Waals surface area contributed by atoms with Gasteiger partial charge in [0.25, 0.3) is 0 Å². The molecule has 0 unspecified atom stereocenters. The van der Waals surface area contributed by atoms with Gasteiger partial charge >= 0.3 is 0 Å². The van der Waals surface area contributed by atoms with E-state index in [2.05, 4.69) is 5.43 Å². The molecule has 0 atom stereocenters. The van der Waals surface area contributed by atoms with Crippen molar-refractivity contribution in [3.63, 3.8) is 0 Å². The van der Waals surface area contributed by atoms with Gasteiger partial charge in [0.05, 0.1) is 12.1 Å². The number of hydrogen-bond donors (Lipinski definition) is 2. The minimum absolute atomic E-state index is 0.636. The summed E-state index contributed by atoms with van der Waals surface area (Å²) < 4.78 is 5.03. The molecule has 0 aliphatic carbocycles. The van der Waals surface area contributed by atoms with Crippen LogP contribution < -0.4 is 16.0 Å². The van der Waals surface area contributed by atoms with E-state index in [4.69, 9.17) is 22.2 Å². The smallest absolute Gasteiger partial charge is 0.137 e. The third kappa shape index (κ3) is 2.88. The van der Waals surface area contributed by atoms with Crippen LogP contribution in [0.4, 0.5) is 0 Å². The molecule has 0 fully saturated rings. The SMILES string of the molecule is COc1ccc(CCNN)cc1Cl. The van der Waals surface area contributed by atoms with E-state index in [9.17, 15) is 0 Å².